The minimum atomic E-state index is 0.560. The van der Waals surface area contributed by atoms with Crippen LogP contribution in [0.25, 0.3) is 0 Å². The van der Waals surface area contributed by atoms with Crippen molar-refractivity contribution in [1.82, 2.24) is 9.97 Å². The van der Waals surface area contributed by atoms with Crippen molar-refractivity contribution in [2.45, 2.75) is 6.54 Å². The van der Waals surface area contributed by atoms with Crippen LogP contribution in [0.1, 0.15) is 5.76 Å². The molecule has 0 bridgehead atoms. The molecule has 1 aromatic carbocycles. The number of fused-ring (bicyclic) bond motifs is 1. The first kappa shape index (κ1) is 14.4. The Balaban J connectivity index is 1.45. The molecule has 3 heterocycles. The molecule has 7 heteroatoms. The van der Waals surface area contributed by atoms with Crippen molar-refractivity contribution in [2.75, 3.05) is 23.8 Å². The standard InChI is InChI=1S/C17H16N4O3/c1-2-13(22-5-1)10-18-16-9-17(20-11-19-16)21-12-3-4-14-15(8-12)24-7-6-23-14/h1-5,8-9,11H,6-7,10H2,(H2,18,19,20,21). The summed E-state index contributed by atoms with van der Waals surface area (Å²) in [5.41, 5.74) is 0.870. The molecule has 0 atom stereocenters. The highest BCUT2D eigenvalue weighted by Crippen LogP contribution is 2.33. The summed E-state index contributed by atoms with van der Waals surface area (Å²) in [6.07, 6.45) is 3.15. The van der Waals surface area contributed by atoms with E-state index in [0.717, 1.165) is 22.9 Å². The third-order valence-electron chi connectivity index (χ3n) is 3.51. The summed E-state index contributed by atoms with van der Waals surface area (Å²) in [6.45, 7) is 1.70. The maximum absolute atomic E-state index is 5.58. The molecule has 7 nitrogen and oxygen atoms in total. The van der Waals surface area contributed by atoms with Crippen molar-refractivity contribution in [2.24, 2.45) is 0 Å². The Bertz CT molecular complexity index is 820. The van der Waals surface area contributed by atoms with E-state index in [1.807, 2.05) is 36.4 Å². The predicted octanol–water partition coefficient (Wildman–Crippen LogP) is 3.20. The van der Waals surface area contributed by atoms with Gasteiger partial charge in [0, 0.05) is 17.8 Å². The van der Waals surface area contributed by atoms with E-state index in [0.29, 0.717) is 31.4 Å². The highest BCUT2D eigenvalue weighted by molar-refractivity contribution is 5.63. The number of ether oxygens (including phenoxy) is 2. The highest BCUT2D eigenvalue weighted by atomic mass is 16.6. The predicted molar refractivity (Wildman–Crippen MR) is 88.8 cm³/mol. The van der Waals surface area contributed by atoms with E-state index in [-0.39, 0.29) is 0 Å². The average molecular weight is 324 g/mol. The normalized spacial score (nSPS) is 12.7. The molecule has 2 N–H and O–H groups in total. The maximum Gasteiger partial charge on any atom is 0.163 e. The fourth-order valence-corrected chi connectivity index (χ4v) is 2.38. The van der Waals surface area contributed by atoms with Gasteiger partial charge < -0.3 is 24.5 Å². The van der Waals surface area contributed by atoms with Crippen LogP contribution in [0.5, 0.6) is 11.5 Å². The van der Waals surface area contributed by atoms with Gasteiger partial charge >= 0.3 is 0 Å². The molecule has 2 aromatic heterocycles. The Morgan fingerprint density at radius 2 is 1.83 bits per heavy atom. The van der Waals surface area contributed by atoms with Crippen LogP contribution in [0, 0.1) is 0 Å². The molecule has 3 aromatic rings. The Hall–Kier alpha value is -3.22. The van der Waals surface area contributed by atoms with Crippen LogP contribution in [0.15, 0.2) is 53.4 Å². The van der Waals surface area contributed by atoms with Crippen LogP contribution < -0.4 is 20.1 Å². The van der Waals surface area contributed by atoms with Gasteiger partial charge in [0.1, 0.15) is 36.9 Å². The summed E-state index contributed by atoms with van der Waals surface area (Å²) in [5, 5.41) is 6.43. The Kier molecular flexibility index (Phi) is 3.89. The summed E-state index contributed by atoms with van der Waals surface area (Å²) in [7, 11) is 0. The Morgan fingerprint density at radius 3 is 2.71 bits per heavy atom. The molecule has 0 saturated carbocycles. The van der Waals surface area contributed by atoms with Gasteiger partial charge in [0.05, 0.1) is 12.8 Å². The zero-order valence-corrected chi connectivity index (χ0v) is 12.9. The molecule has 0 saturated heterocycles. The lowest BCUT2D eigenvalue weighted by atomic mass is 10.2. The van der Waals surface area contributed by atoms with Crippen LogP contribution in [-0.4, -0.2) is 23.2 Å². The number of nitrogens with zero attached hydrogens (tertiary/aromatic N) is 2. The molecule has 0 spiro atoms. The van der Waals surface area contributed by atoms with Crippen LogP contribution >= 0.6 is 0 Å². The van der Waals surface area contributed by atoms with Crippen molar-refractivity contribution in [3.63, 3.8) is 0 Å². The zero-order valence-electron chi connectivity index (χ0n) is 12.9. The number of hydrogen-bond donors (Lipinski definition) is 2. The number of nitrogens with one attached hydrogen (secondary N) is 2. The summed E-state index contributed by atoms with van der Waals surface area (Å²) in [4.78, 5) is 8.44. The first-order chi connectivity index (χ1) is 11.9. The summed E-state index contributed by atoms with van der Waals surface area (Å²) < 4.78 is 16.4. The Labute approximate surface area is 138 Å². The van der Waals surface area contributed by atoms with Gasteiger partial charge in [-0.25, -0.2) is 9.97 Å². The van der Waals surface area contributed by atoms with Crippen molar-refractivity contribution < 1.29 is 13.9 Å². The minimum absolute atomic E-state index is 0.560. The topological polar surface area (TPSA) is 81.4 Å². The summed E-state index contributed by atoms with van der Waals surface area (Å²) in [5.74, 6) is 3.73. The number of anilines is 3. The van der Waals surface area contributed by atoms with Gasteiger partial charge in [-0.2, -0.15) is 0 Å². The number of benzene rings is 1. The smallest absolute Gasteiger partial charge is 0.163 e. The summed E-state index contributed by atoms with van der Waals surface area (Å²) in [6, 6.07) is 11.3. The second kappa shape index (κ2) is 6.49. The molecule has 0 radical (unpaired) electrons. The van der Waals surface area contributed by atoms with Crippen LogP contribution in [0.4, 0.5) is 17.3 Å². The fourth-order valence-electron chi connectivity index (χ4n) is 2.38. The number of rotatable bonds is 5. The van der Waals surface area contributed by atoms with E-state index in [4.69, 9.17) is 13.9 Å². The largest absolute Gasteiger partial charge is 0.486 e. The van der Waals surface area contributed by atoms with Crippen LogP contribution in [0.2, 0.25) is 0 Å². The van der Waals surface area contributed by atoms with Crippen molar-refractivity contribution in [1.29, 1.82) is 0 Å². The fraction of sp³-hybridized carbons (Fsp3) is 0.176. The van der Waals surface area contributed by atoms with Gasteiger partial charge in [-0.15, -0.1) is 0 Å². The quantitative estimate of drug-likeness (QED) is 0.746. The zero-order chi connectivity index (χ0) is 16.2. The molecule has 0 aliphatic carbocycles. The lowest BCUT2D eigenvalue weighted by Gasteiger charge is -2.19. The molecule has 0 amide bonds. The van der Waals surface area contributed by atoms with E-state index in [2.05, 4.69) is 20.6 Å². The van der Waals surface area contributed by atoms with Crippen molar-refractivity contribution in [3.05, 3.63) is 54.7 Å². The average Bonchev–Trinajstić information content (AvgIpc) is 3.14. The maximum atomic E-state index is 5.58. The van der Waals surface area contributed by atoms with Gasteiger partial charge in [0.25, 0.3) is 0 Å². The van der Waals surface area contributed by atoms with Crippen LogP contribution in [0.3, 0.4) is 0 Å². The minimum Gasteiger partial charge on any atom is -0.486 e. The van der Waals surface area contributed by atoms with E-state index in [1.165, 1.54) is 6.33 Å². The third-order valence-corrected chi connectivity index (χ3v) is 3.51. The summed E-state index contributed by atoms with van der Waals surface area (Å²) >= 11 is 0. The monoisotopic (exact) mass is 324 g/mol. The van der Waals surface area contributed by atoms with E-state index < -0.39 is 0 Å². The van der Waals surface area contributed by atoms with Gasteiger partial charge in [-0.1, -0.05) is 0 Å². The molecule has 122 valence electrons. The SMILES string of the molecule is c1coc(CNc2cc(Nc3ccc4c(c3)OCCO4)ncn2)c1. The van der Waals surface area contributed by atoms with E-state index in [1.54, 1.807) is 6.26 Å². The highest BCUT2D eigenvalue weighted by Gasteiger charge is 2.12. The van der Waals surface area contributed by atoms with Crippen molar-refractivity contribution >= 4 is 17.3 Å². The number of aromatic nitrogens is 2. The van der Waals surface area contributed by atoms with Gasteiger partial charge in [-0.05, 0) is 24.3 Å². The molecular formula is C17H16N4O3. The van der Waals surface area contributed by atoms with Gasteiger partial charge in [0.2, 0.25) is 0 Å². The second-order valence-corrected chi connectivity index (χ2v) is 5.20. The lowest BCUT2D eigenvalue weighted by molar-refractivity contribution is 0.171. The first-order valence-corrected chi connectivity index (χ1v) is 7.62. The molecule has 0 fully saturated rings. The Morgan fingerprint density at radius 1 is 0.958 bits per heavy atom. The molecule has 4 rings (SSSR count). The van der Waals surface area contributed by atoms with Gasteiger partial charge in [-0.3, -0.25) is 0 Å². The lowest BCUT2D eigenvalue weighted by Crippen LogP contribution is -2.15. The van der Waals surface area contributed by atoms with Gasteiger partial charge in [0.15, 0.2) is 11.5 Å². The second-order valence-electron chi connectivity index (χ2n) is 5.20. The van der Waals surface area contributed by atoms with Crippen LogP contribution in [-0.2, 0) is 6.54 Å². The van der Waals surface area contributed by atoms with E-state index in [9.17, 15) is 0 Å². The molecular weight excluding hydrogens is 308 g/mol. The molecule has 0 unspecified atom stereocenters. The number of hydrogen-bond acceptors (Lipinski definition) is 7. The number of furan rings is 1. The third kappa shape index (κ3) is 3.24. The first-order valence-electron chi connectivity index (χ1n) is 7.62. The molecule has 1 aliphatic rings. The molecule has 24 heavy (non-hydrogen) atoms. The van der Waals surface area contributed by atoms with Crippen molar-refractivity contribution in [3.8, 4) is 11.5 Å². The van der Waals surface area contributed by atoms with E-state index >= 15 is 0 Å². The molecule has 1 aliphatic heterocycles.